The lowest BCUT2D eigenvalue weighted by Gasteiger charge is -2.25. The van der Waals surface area contributed by atoms with E-state index in [1.165, 1.54) is 0 Å². The minimum atomic E-state index is -0.256. The third kappa shape index (κ3) is 5.04. The van der Waals surface area contributed by atoms with Crippen LogP contribution >= 0.6 is 0 Å². The smallest absolute Gasteiger partial charge is 0.259 e. The van der Waals surface area contributed by atoms with Crippen molar-refractivity contribution in [3.05, 3.63) is 90.8 Å². The molecule has 0 saturated carbocycles. The predicted octanol–water partition coefficient (Wildman–Crippen LogP) is 6.20. The molecule has 2 aromatic heterocycles. The summed E-state index contributed by atoms with van der Waals surface area (Å²) < 4.78 is 13.6. The standard InChI is InChI=1S/C30H28N6O3/c1-38-24-15-6-5-14-23(24)30(37)34-22-13-9-10-20(18-22)28-35-26-27(33-21-11-3-2-4-12-21)31-19-32-29(26)36(28)25-16-7-8-17-39-25/h2-6,9-15,18-19,25H,7-8,16-17H2,1H3,(H,34,37)(H,31,32,33). The van der Waals surface area contributed by atoms with E-state index in [0.717, 1.165) is 30.5 Å². The van der Waals surface area contributed by atoms with Gasteiger partial charge in [0.2, 0.25) is 0 Å². The van der Waals surface area contributed by atoms with E-state index in [4.69, 9.17) is 14.5 Å². The number of carbonyl (C=O) groups excluding carboxylic acids is 1. The van der Waals surface area contributed by atoms with E-state index in [2.05, 4.69) is 20.6 Å². The first-order chi connectivity index (χ1) is 19.2. The van der Waals surface area contributed by atoms with Gasteiger partial charge in [0.1, 0.15) is 24.1 Å². The molecule has 6 rings (SSSR count). The van der Waals surface area contributed by atoms with Crippen molar-refractivity contribution < 1.29 is 14.3 Å². The number of imidazole rings is 1. The van der Waals surface area contributed by atoms with Crippen LogP contribution in [-0.2, 0) is 4.74 Å². The first-order valence-corrected chi connectivity index (χ1v) is 12.9. The molecule has 1 fully saturated rings. The summed E-state index contributed by atoms with van der Waals surface area (Å²) in [7, 11) is 1.55. The van der Waals surface area contributed by atoms with Crippen LogP contribution in [0.25, 0.3) is 22.6 Å². The lowest BCUT2D eigenvalue weighted by atomic mass is 10.1. The highest BCUT2D eigenvalue weighted by atomic mass is 16.5. The SMILES string of the molecule is COc1ccccc1C(=O)Nc1cccc(-c2nc3c(Nc4ccccc4)ncnc3n2C2CCCCO2)c1. The van der Waals surface area contributed by atoms with Crippen LogP contribution < -0.4 is 15.4 Å². The molecule has 1 atom stereocenters. The second-order valence-electron chi connectivity index (χ2n) is 9.25. The first-order valence-electron chi connectivity index (χ1n) is 12.9. The summed E-state index contributed by atoms with van der Waals surface area (Å²) in [5, 5.41) is 6.36. The topological polar surface area (TPSA) is 103 Å². The van der Waals surface area contributed by atoms with Gasteiger partial charge in [-0.05, 0) is 55.7 Å². The van der Waals surface area contributed by atoms with Crippen molar-refractivity contribution in [2.24, 2.45) is 0 Å². The first kappa shape index (κ1) is 24.6. The molecule has 1 saturated heterocycles. The van der Waals surface area contributed by atoms with Crippen molar-refractivity contribution in [3.8, 4) is 17.1 Å². The molecule has 0 bridgehead atoms. The number of fused-ring (bicyclic) bond motifs is 1. The molecule has 9 nitrogen and oxygen atoms in total. The van der Waals surface area contributed by atoms with Gasteiger partial charge in [-0.2, -0.15) is 0 Å². The molecule has 3 heterocycles. The van der Waals surface area contributed by atoms with E-state index in [1.807, 2.05) is 71.3 Å². The number of nitrogens with one attached hydrogen (secondary N) is 2. The second-order valence-corrected chi connectivity index (χ2v) is 9.25. The Hall–Kier alpha value is -4.76. The molecular weight excluding hydrogens is 492 g/mol. The number of hydrogen-bond acceptors (Lipinski definition) is 7. The molecule has 196 valence electrons. The molecule has 1 unspecified atom stereocenters. The molecule has 1 aliphatic heterocycles. The molecule has 0 aliphatic carbocycles. The van der Waals surface area contributed by atoms with E-state index < -0.39 is 0 Å². The third-order valence-electron chi connectivity index (χ3n) is 6.69. The number of hydrogen-bond donors (Lipinski definition) is 2. The van der Waals surface area contributed by atoms with Gasteiger partial charge in [-0.15, -0.1) is 0 Å². The number of carbonyl (C=O) groups is 1. The Morgan fingerprint density at radius 3 is 2.62 bits per heavy atom. The van der Waals surface area contributed by atoms with Crippen molar-refractivity contribution in [3.63, 3.8) is 0 Å². The fourth-order valence-corrected chi connectivity index (χ4v) is 4.83. The van der Waals surface area contributed by atoms with Gasteiger partial charge < -0.3 is 20.1 Å². The van der Waals surface area contributed by atoms with Gasteiger partial charge in [0.15, 0.2) is 17.0 Å². The fourth-order valence-electron chi connectivity index (χ4n) is 4.83. The van der Waals surface area contributed by atoms with Gasteiger partial charge in [0, 0.05) is 23.5 Å². The Bertz CT molecular complexity index is 1610. The number of aromatic nitrogens is 4. The molecule has 5 aromatic rings. The van der Waals surface area contributed by atoms with Gasteiger partial charge in [0.25, 0.3) is 5.91 Å². The molecule has 1 aliphatic rings. The summed E-state index contributed by atoms with van der Waals surface area (Å²) in [6, 6.07) is 24.6. The highest BCUT2D eigenvalue weighted by Gasteiger charge is 2.26. The highest BCUT2D eigenvalue weighted by Crippen LogP contribution is 2.35. The Morgan fingerprint density at radius 1 is 0.974 bits per heavy atom. The lowest BCUT2D eigenvalue weighted by Crippen LogP contribution is -2.19. The Balaban J connectivity index is 1.41. The highest BCUT2D eigenvalue weighted by molar-refractivity contribution is 6.06. The number of rotatable bonds is 7. The minimum Gasteiger partial charge on any atom is -0.496 e. The van der Waals surface area contributed by atoms with Gasteiger partial charge in [-0.1, -0.05) is 42.5 Å². The maximum Gasteiger partial charge on any atom is 0.259 e. The maximum absolute atomic E-state index is 13.1. The van der Waals surface area contributed by atoms with E-state index in [0.29, 0.717) is 46.4 Å². The van der Waals surface area contributed by atoms with Crippen LogP contribution in [0.2, 0.25) is 0 Å². The van der Waals surface area contributed by atoms with E-state index >= 15 is 0 Å². The number of anilines is 3. The molecular formula is C30H28N6O3. The van der Waals surface area contributed by atoms with Crippen molar-refractivity contribution in [1.82, 2.24) is 19.5 Å². The van der Waals surface area contributed by atoms with Crippen molar-refractivity contribution in [2.75, 3.05) is 24.4 Å². The monoisotopic (exact) mass is 520 g/mol. The molecule has 9 heteroatoms. The summed E-state index contributed by atoms with van der Waals surface area (Å²) in [4.78, 5) is 27.2. The third-order valence-corrected chi connectivity index (χ3v) is 6.69. The van der Waals surface area contributed by atoms with Crippen LogP contribution in [0.15, 0.2) is 85.2 Å². The fraction of sp³-hybridized carbons (Fsp3) is 0.200. The van der Waals surface area contributed by atoms with Crippen molar-refractivity contribution >= 4 is 34.3 Å². The number of amides is 1. The lowest BCUT2D eigenvalue weighted by molar-refractivity contribution is -0.0287. The normalized spacial score (nSPS) is 15.2. The van der Waals surface area contributed by atoms with Gasteiger partial charge in [-0.3, -0.25) is 9.36 Å². The van der Waals surface area contributed by atoms with Crippen molar-refractivity contribution in [1.29, 1.82) is 0 Å². The molecule has 2 N–H and O–H groups in total. The average molecular weight is 521 g/mol. The van der Waals surface area contributed by atoms with E-state index in [-0.39, 0.29) is 12.1 Å². The Morgan fingerprint density at radius 2 is 1.79 bits per heavy atom. The minimum absolute atomic E-state index is 0.204. The summed E-state index contributed by atoms with van der Waals surface area (Å²) in [5.74, 6) is 1.57. The number of para-hydroxylation sites is 2. The Kier molecular flexibility index (Phi) is 6.88. The summed E-state index contributed by atoms with van der Waals surface area (Å²) in [5.41, 5.74) is 4.16. The van der Waals surface area contributed by atoms with Crippen LogP contribution in [-0.4, -0.2) is 39.1 Å². The van der Waals surface area contributed by atoms with Gasteiger partial charge in [0.05, 0.1) is 12.7 Å². The predicted molar refractivity (Wildman–Crippen MR) is 150 cm³/mol. The zero-order valence-electron chi connectivity index (χ0n) is 21.5. The number of benzene rings is 3. The quantitative estimate of drug-likeness (QED) is 0.263. The van der Waals surface area contributed by atoms with E-state index in [9.17, 15) is 4.79 Å². The van der Waals surface area contributed by atoms with Crippen LogP contribution in [0, 0.1) is 0 Å². The molecule has 3 aromatic carbocycles. The van der Waals surface area contributed by atoms with Crippen LogP contribution in [0.3, 0.4) is 0 Å². The molecule has 1 amide bonds. The summed E-state index contributed by atoms with van der Waals surface area (Å²) in [6.45, 7) is 0.680. The maximum atomic E-state index is 13.1. The largest absolute Gasteiger partial charge is 0.496 e. The molecule has 0 radical (unpaired) electrons. The van der Waals surface area contributed by atoms with Gasteiger partial charge >= 0.3 is 0 Å². The van der Waals surface area contributed by atoms with Gasteiger partial charge in [-0.25, -0.2) is 15.0 Å². The van der Waals surface area contributed by atoms with Crippen LogP contribution in [0.4, 0.5) is 17.2 Å². The summed E-state index contributed by atoms with van der Waals surface area (Å²) in [6.07, 6.45) is 4.28. The van der Waals surface area contributed by atoms with E-state index in [1.54, 1.807) is 25.6 Å². The number of nitrogens with zero attached hydrogens (tertiary/aromatic N) is 4. The number of ether oxygens (including phenoxy) is 2. The zero-order valence-corrected chi connectivity index (χ0v) is 21.5. The van der Waals surface area contributed by atoms with Crippen molar-refractivity contribution in [2.45, 2.75) is 25.5 Å². The van der Waals surface area contributed by atoms with Crippen LogP contribution in [0.5, 0.6) is 5.75 Å². The molecule has 0 spiro atoms. The summed E-state index contributed by atoms with van der Waals surface area (Å²) >= 11 is 0. The van der Waals surface area contributed by atoms with Crippen LogP contribution in [0.1, 0.15) is 35.8 Å². The second kappa shape index (κ2) is 10.9. The Labute approximate surface area is 225 Å². The average Bonchev–Trinajstić information content (AvgIpc) is 3.39. The zero-order chi connectivity index (χ0) is 26.6. The number of methoxy groups -OCH3 is 1. The molecule has 39 heavy (non-hydrogen) atoms.